The van der Waals surface area contributed by atoms with E-state index in [1.807, 2.05) is 4.57 Å². The van der Waals surface area contributed by atoms with Crippen LogP contribution in [0, 0.1) is 17.2 Å². The van der Waals surface area contributed by atoms with E-state index in [0.717, 1.165) is 25.7 Å². The number of nitrogens with two attached hydrogens (primary N) is 1. The molecule has 1 saturated heterocycles. The van der Waals surface area contributed by atoms with E-state index < -0.39 is 14.1 Å². The second-order valence-electron chi connectivity index (χ2n) is 11.0. The highest BCUT2D eigenvalue weighted by Gasteiger charge is 2.54. The molecule has 2 aliphatic carbocycles. The minimum atomic E-state index is -1.71. The van der Waals surface area contributed by atoms with Crippen molar-refractivity contribution in [2.45, 2.75) is 75.8 Å². The topological polar surface area (TPSA) is 147 Å². The standard InChI is InChI=1S/C28H32ClN6O5P/c1-17-12-22(38-26(17)35-14-18(13-30)23-24(31)32-16-33-25(23)35)15-37-41(40-21-8-6-19(29)7-9-21)34-28(10-11-28)27(36)39-20-4-2-3-5-20/h6-9,14,16-17,20,22,26,34H,2-5,10-12,15H2,1H3,(H2,31,32,33). The number of ether oxygens (including phenoxy) is 2. The van der Waals surface area contributed by atoms with Crippen LogP contribution in [0.1, 0.15) is 63.7 Å². The van der Waals surface area contributed by atoms with Gasteiger partial charge in [0, 0.05) is 17.1 Å². The Morgan fingerprint density at radius 2 is 2.05 bits per heavy atom. The third-order valence-electron chi connectivity index (χ3n) is 7.89. The van der Waals surface area contributed by atoms with Gasteiger partial charge in [-0.2, -0.15) is 5.26 Å². The van der Waals surface area contributed by atoms with E-state index in [2.05, 4.69) is 28.0 Å². The fourth-order valence-corrected chi connectivity index (χ4v) is 7.08. The van der Waals surface area contributed by atoms with Crippen molar-refractivity contribution in [3.8, 4) is 11.8 Å². The molecule has 2 saturated carbocycles. The summed E-state index contributed by atoms with van der Waals surface area (Å²) in [6.45, 7) is 2.32. The van der Waals surface area contributed by atoms with Gasteiger partial charge in [0.1, 0.15) is 47.5 Å². The van der Waals surface area contributed by atoms with Crippen molar-refractivity contribution in [3.05, 3.63) is 47.4 Å². The number of nitrogens with zero attached hydrogens (tertiary/aromatic N) is 4. The summed E-state index contributed by atoms with van der Waals surface area (Å²) in [6.07, 6.45) is 8.52. The Labute approximate surface area is 244 Å². The molecule has 3 aromatic rings. The zero-order valence-electron chi connectivity index (χ0n) is 22.7. The van der Waals surface area contributed by atoms with Gasteiger partial charge in [-0.15, -0.1) is 0 Å². The predicted octanol–water partition coefficient (Wildman–Crippen LogP) is 5.39. The number of aromatic nitrogens is 3. The van der Waals surface area contributed by atoms with Crippen molar-refractivity contribution in [1.29, 1.82) is 5.26 Å². The second-order valence-corrected chi connectivity index (χ2v) is 12.6. The minimum absolute atomic E-state index is 0.0108. The van der Waals surface area contributed by atoms with Gasteiger partial charge in [0.25, 0.3) is 0 Å². The van der Waals surface area contributed by atoms with Crippen molar-refractivity contribution >= 4 is 42.9 Å². The number of carbonyl (C=O) groups excluding carboxylic acids is 1. The summed E-state index contributed by atoms with van der Waals surface area (Å²) in [6, 6.07) is 9.19. The number of nitrogen functional groups attached to an aromatic ring is 1. The molecule has 0 bridgehead atoms. The predicted molar refractivity (Wildman–Crippen MR) is 153 cm³/mol. The molecule has 0 amide bonds. The molecule has 216 valence electrons. The number of esters is 1. The molecule has 13 heteroatoms. The number of nitrogens with one attached hydrogen (secondary N) is 1. The van der Waals surface area contributed by atoms with Crippen LogP contribution in [-0.2, 0) is 18.8 Å². The monoisotopic (exact) mass is 598 g/mol. The maximum absolute atomic E-state index is 13.1. The number of anilines is 1. The van der Waals surface area contributed by atoms with Crippen LogP contribution in [0.3, 0.4) is 0 Å². The van der Waals surface area contributed by atoms with Crippen molar-refractivity contribution in [2.75, 3.05) is 12.3 Å². The lowest BCUT2D eigenvalue weighted by atomic mass is 10.1. The molecule has 11 nitrogen and oxygen atoms in total. The molecule has 3 N–H and O–H groups in total. The molecule has 41 heavy (non-hydrogen) atoms. The lowest BCUT2D eigenvalue weighted by Gasteiger charge is -2.25. The van der Waals surface area contributed by atoms with Crippen LogP contribution in [0.25, 0.3) is 11.0 Å². The molecule has 1 aliphatic heterocycles. The highest BCUT2D eigenvalue weighted by molar-refractivity contribution is 7.45. The van der Waals surface area contributed by atoms with Crippen LogP contribution >= 0.6 is 20.1 Å². The summed E-state index contributed by atoms with van der Waals surface area (Å²) in [5, 5.41) is 14.1. The van der Waals surface area contributed by atoms with E-state index in [-0.39, 0.29) is 42.7 Å². The van der Waals surface area contributed by atoms with Gasteiger partial charge in [-0.05, 0) is 69.2 Å². The van der Waals surface area contributed by atoms with Gasteiger partial charge < -0.3 is 28.8 Å². The smallest absolute Gasteiger partial charge is 0.327 e. The molecule has 4 atom stereocenters. The summed E-state index contributed by atoms with van der Waals surface area (Å²) >= 11 is 6.06. The van der Waals surface area contributed by atoms with E-state index in [9.17, 15) is 10.1 Å². The third-order valence-corrected chi connectivity index (χ3v) is 9.51. The Kier molecular flexibility index (Phi) is 8.03. The zero-order valence-corrected chi connectivity index (χ0v) is 24.3. The van der Waals surface area contributed by atoms with Gasteiger partial charge in [-0.1, -0.05) is 18.5 Å². The first-order valence-electron chi connectivity index (χ1n) is 13.9. The van der Waals surface area contributed by atoms with Gasteiger partial charge in [0.05, 0.1) is 23.7 Å². The normalized spacial score (nSPS) is 24.3. The highest BCUT2D eigenvalue weighted by Crippen LogP contribution is 2.48. The maximum atomic E-state index is 13.1. The summed E-state index contributed by atoms with van der Waals surface area (Å²) in [4.78, 5) is 21.5. The van der Waals surface area contributed by atoms with Crippen LogP contribution in [0.2, 0.25) is 5.02 Å². The maximum Gasteiger partial charge on any atom is 0.327 e. The highest BCUT2D eigenvalue weighted by atomic mass is 35.5. The van der Waals surface area contributed by atoms with Crippen LogP contribution in [0.5, 0.6) is 5.75 Å². The van der Waals surface area contributed by atoms with Gasteiger partial charge in [-0.25, -0.2) is 15.1 Å². The molecule has 0 radical (unpaired) electrons. The molecular formula is C28H32ClN6O5P. The number of hydrogen-bond donors (Lipinski definition) is 2. The lowest BCUT2D eigenvalue weighted by Crippen LogP contribution is -2.40. The number of hydrogen-bond acceptors (Lipinski definition) is 10. The number of rotatable bonds is 10. The van der Waals surface area contributed by atoms with E-state index in [0.29, 0.717) is 46.6 Å². The second kappa shape index (κ2) is 11.7. The van der Waals surface area contributed by atoms with Gasteiger partial charge >= 0.3 is 14.5 Å². The Morgan fingerprint density at radius 1 is 1.29 bits per heavy atom. The van der Waals surface area contributed by atoms with Gasteiger partial charge in [0.2, 0.25) is 0 Å². The van der Waals surface area contributed by atoms with E-state index in [1.165, 1.54) is 6.33 Å². The average Bonchev–Trinajstić information content (AvgIpc) is 3.26. The molecule has 4 unspecified atom stereocenters. The van der Waals surface area contributed by atoms with E-state index >= 15 is 0 Å². The van der Waals surface area contributed by atoms with Crippen LogP contribution < -0.4 is 15.3 Å². The molecule has 1 aromatic carbocycles. The average molecular weight is 599 g/mol. The summed E-state index contributed by atoms with van der Waals surface area (Å²) < 4.78 is 26.6. The third kappa shape index (κ3) is 5.99. The van der Waals surface area contributed by atoms with Crippen molar-refractivity contribution in [1.82, 2.24) is 19.6 Å². The Balaban J connectivity index is 1.15. The molecule has 3 fully saturated rings. The minimum Gasteiger partial charge on any atom is -0.461 e. The number of nitriles is 1. The molecule has 6 rings (SSSR count). The number of benzene rings is 1. The molecule has 3 aliphatic rings. The number of carbonyl (C=O) groups is 1. The van der Waals surface area contributed by atoms with Crippen molar-refractivity contribution < 1.29 is 23.3 Å². The zero-order chi connectivity index (χ0) is 28.6. The fraction of sp³-hybridized carbons (Fsp3) is 0.500. The van der Waals surface area contributed by atoms with Crippen LogP contribution in [0.15, 0.2) is 36.8 Å². The summed E-state index contributed by atoms with van der Waals surface area (Å²) in [7, 11) is -1.71. The van der Waals surface area contributed by atoms with Crippen molar-refractivity contribution in [3.63, 3.8) is 0 Å². The van der Waals surface area contributed by atoms with Gasteiger partial charge in [0.15, 0.2) is 0 Å². The first-order chi connectivity index (χ1) is 19.8. The van der Waals surface area contributed by atoms with Crippen LogP contribution in [0.4, 0.5) is 5.82 Å². The number of fused-ring (bicyclic) bond motifs is 1. The van der Waals surface area contributed by atoms with E-state index in [1.54, 1.807) is 30.5 Å². The SMILES string of the molecule is CC1CC(COP(NC2(C(=O)OC3CCCC3)CC2)Oc2ccc(Cl)cc2)OC1n1cc(C#N)c2c(N)ncnc21. The number of halogens is 1. The Bertz CT molecular complexity index is 1450. The van der Waals surface area contributed by atoms with Crippen LogP contribution in [-0.4, -0.2) is 44.9 Å². The first-order valence-corrected chi connectivity index (χ1v) is 15.4. The molecule has 2 aromatic heterocycles. The Hall–Kier alpha value is -3.00. The lowest BCUT2D eigenvalue weighted by molar-refractivity contribution is -0.152. The largest absolute Gasteiger partial charge is 0.461 e. The molecular weight excluding hydrogens is 567 g/mol. The first kappa shape index (κ1) is 28.1. The van der Waals surface area contributed by atoms with E-state index in [4.69, 9.17) is 35.9 Å². The quantitative estimate of drug-likeness (QED) is 0.230. The summed E-state index contributed by atoms with van der Waals surface area (Å²) in [5.41, 5.74) is 6.20. The van der Waals surface area contributed by atoms with Gasteiger partial charge in [-0.3, -0.25) is 4.79 Å². The summed E-state index contributed by atoms with van der Waals surface area (Å²) in [5.74, 6) is 0.702. The Morgan fingerprint density at radius 3 is 2.76 bits per heavy atom. The van der Waals surface area contributed by atoms with Crippen molar-refractivity contribution in [2.24, 2.45) is 5.92 Å². The molecule has 3 heterocycles. The fourth-order valence-electron chi connectivity index (χ4n) is 5.51. The molecule has 0 spiro atoms.